The number of hydrogen-bond acceptors (Lipinski definition) is 4. The van der Waals surface area contributed by atoms with Gasteiger partial charge in [-0.2, -0.15) is 0 Å². The van der Waals surface area contributed by atoms with Crippen molar-refractivity contribution in [2.24, 2.45) is 0 Å². The van der Waals surface area contributed by atoms with Gasteiger partial charge in [0.1, 0.15) is 5.75 Å². The van der Waals surface area contributed by atoms with E-state index in [1.807, 2.05) is 24.3 Å². The van der Waals surface area contributed by atoms with Crippen LogP contribution >= 0.6 is 12.4 Å². The summed E-state index contributed by atoms with van der Waals surface area (Å²) in [6.07, 6.45) is 8.80. The Morgan fingerprint density at radius 3 is 2.68 bits per heavy atom. The molecular weight excluding hydrogens is 372 g/mol. The van der Waals surface area contributed by atoms with Crippen LogP contribution in [0.1, 0.15) is 49.7 Å². The Kier molecular flexibility index (Phi) is 6.33. The molecule has 2 aliphatic rings. The first-order valence-electron chi connectivity index (χ1n) is 10.1. The van der Waals surface area contributed by atoms with Crippen molar-refractivity contribution in [2.75, 3.05) is 20.6 Å². The third-order valence-electron chi connectivity index (χ3n) is 6.59. The van der Waals surface area contributed by atoms with E-state index in [1.54, 1.807) is 6.20 Å². The zero-order chi connectivity index (χ0) is 18.9. The molecule has 0 aliphatic heterocycles. The lowest BCUT2D eigenvalue weighted by Gasteiger charge is -2.55. The summed E-state index contributed by atoms with van der Waals surface area (Å²) in [5, 5.41) is 11.7. The van der Waals surface area contributed by atoms with Crippen LogP contribution in [0.5, 0.6) is 11.6 Å². The van der Waals surface area contributed by atoms with Gasteiger partial charge in [-0.15, -0.1) is 12.4 Å². The van der Waals surface area contributed by atoms with Gasteiger partial charge in [0.15, 0.2) is 0 Å². The smallest absolute Gasteiger partial charge is 0.219 e. The van der Waals surface area contributed by atoms with Gasteiger partial charge in [-0.05, 0) is 82.1 Å². The Labute approximate surface area is 174 Å². The summed E-state index contributed by atoms with van der Waals surface area (Å²) in [6.45, 7) is 0.979. The molecular formula is C23H31ClN2O2. The molecule has 1 fully saturated rings. The summed E-state index contributed by atoms with van der Waals surface area (Å²) in [6, 6.07) is 12.1. The topological polar surface area (TPSA) is 45.6 Å². The van der Waals surface area contributed by atoms with E-state index in [1.165, 1.54) is 17.5 Å². The Bertz CT molecular complexity index is 798. The molecule has 0 amide bonds. The van der Waals surface area contributed by atoms with Gasteiger partial charge in [0.05, 0.1) is 5.60 Å². The predicted octanol–water partition coefficient (Wildman–Crippen LogP) is 4.74. The molecule has 4 rings (SSSR count). The Morgan fingerprint density at radius 2 is 1.93 bits per heavy atom. The zero-order valence-electron chi connectivity index (χ0n) is 16.9. The predicted molar refractivity (Wildman–Crippen MR) is 115 cm³/mol. The van der Waals surface area contributed by atoms with Crippen LogP contribution in [0.4, 0.5) is 0 Å². The molecule has 152 valence electrons. The van der Waals surface area contributed by atoms with Crippen LogP contribution in [0.2, 0.25) is 0 Å². The summed E-state index contributed by atoms with van der Waals surface area (Å²) < 4.78 is 6.02. The minimum Gasteiger partial charge on any atom is -0.439 e. The highest BCUT2D eigenvalue weighted by Crippen LogP contribution is 2.55. The van der Waals surface area contributed by atoms with Crippen LogP contribution in [0.3, 0.4) is 0 Å². The number of fused-ring (bicyclic) bond motifs is 3. The standard InChI is InChI=1S/C23H30N2O2.ClH/c1-25(2)16-14-22-11-4-5-12-23(22,26)13-10-18-8-9-19(17-20(18)22)27-21-7-3-6-15-24-21;/h3,6-9,15,17,26H,4-5,10-14,16H2,1-2H3;1H/t22-,23+;/m0./s1. The van der Waals surface area contributed by atoms with E-state index in [0.717, 1.165) is 50.8 Å². The number of aromatic nitrogens is 1. The minimum absolute atomic E-state index is 0. The van der Waals surface area contributed by atoms with Crippen molar-refractivity contribution >= 4 is 12.4 Å². The number of benzene rings is 1. The molecule has 1 N–H and O–H groups in total. The number of ether oxygens (including phenoxy) is 1. The van der Waals surface area contributed by atoms with Crippen LogP contribution in [-0.4, -0.2) is 41.2 Å². The summed E-state index contributed by atoms with van der Waals surface area (Å²) in [5.41, 5.74) is 1.89. The lowest BCUT2D eigenvalue weighted by atomic mass is 9.53. The highest BCUT2D eigenvalue weighted by atomic mass is 35.5. The molecule has 0 radical (unpaired) electrons. The van der Waals surface area contributed by atoms with Gasteiger partial charge in [-0.25, -0.2) is 4.98 Å². The molecule has 28 heavy (non-hydrogen) atoms. The normalized spacial score (nSPS) is 26.1. The van der Waals surface area contributed by atoms with Gasteiger partial charge in [-0.1, -0.05) is 25.0 Å². The maximum Gasteiger partial charge on any atom is 0.219 e. The highest BCUT2D eigenvalue weighted by molar-refractivity contribution is 5.85. The fraction of sp³-hybridized carbons (Fsp3) is 0.522. The third kappa shape index (κ3) is 3.78. The van der Waals surface area contributed by atoms with Crippen molar-refractivity contribution in [1.82, 2.24) is 9.88 Å². The second kappa shape index (κ2) is 8.40. The van der Waals surface area contributed by atoms with Gasteiger partial charge >= 0.3 is 0 Å². The lowest BCUT2D eigenvalue weighted by molar-refractivity contribution is -0.0887. The monoisotopic (exact) mass is 402 g/mol. The third-order valence-corrected chi connectivity index (χ3v) is 6.59. The number of aryl methyl sites for hydroxylation is 1. The van der Waals surface area contributed by atoms with Gasteiger partial charge in [0, 0.05) is 17.7 Å². The first-order chi connectivity index (χ1) is 13.0. The van der Waals surface area contributed by atoms with E-state index in [-0.39, 0.29) is 17.8 Å². The van der Waals surface area contributed by atoms with Crippen molar-refractivity contribution < 1.29 is 9.84 Å². The maximum atomic E-state index is 11.7. The Balaban J connectivity index is 0.00000225. The van der Waals surface area contributed by atoms with Gasteiger partial charge in [-0.3, -0.25) is 0 Å². The first-order valence-corrected chi connectivity index (χ1v) is 10.1. The largest absolute Gasteiger partial charge is 0.439 e. The van der Waals surface area contributed by atoms with E-state index in [0.29, 0.717) is 5.88 Å². The Hall–Kier alpha value is -1.62. The maximum absolute atomic E-state index is 11.7. The van der Waals surface area contributed by atoms with Crippen molar-refractivity contribution in [3.05, 3.63) is 53.7 Å². The molecule has 1 aromatic heterocycles. The van der Waals surface area contributed by atoms with Crippen LogP contribution in [0, 0.1) is 0 Å². The molecule has 2 aliphatic carbocycles. The Morgan fingerprint density at radius 1 is 1.11 bits per heavy atom. The number of nitrogens with zero attached hydrogens (tertiary/aromatic N) is 2. The molecule has 4 nitrogen and oxygen atoms in total. The van der Waals surface area contributed by atoms with Crippen LogP contribution in [0.25, 0.3) is 0 Å². The molecule has 2 atom stereocenters. The molecule has 1 heterocycles. The molecule has 0 spiro atoms. The SMILES string of the molecule is CN(C)CC[C@]12CCCC[C@@]1(O)CCc1ccc(Oc3ccccn3)cc12.Cl. The van der Waals surface area contributed by atoms with Crippen molar-refractivity contribution in [3.8, 4) is 11.6 Å². The van der Waals surface area contributed by atoms with Crippen molar-refractivity contribution in [3.63, 3.8) is 0 Å². The number of hydrogen-bond donors (Lipinski definition) is 1. The summed E-state index contributed by atoms with van der Waals surface area (Å²) in [7, 11) is 4.23. The average molecular weight is 403 g/mol. The summed E-state index contributed by atoms with van der Waals surface area (Å²) in [5.74, 6) is 1.42. The molecule has 0 unspecified atom stereocenters. The van der Waals surface area contributed by atoms with Crippen molar-refractivity contribution in [2.45, 2.75) is 56.0 Å². The molecule has 5 heteroatoms. The molecule has 0 saturated heterocycles. The van der Waals surface area contributed by atoms with E-state index in [4.69, 9.17) is 4.74 Å². The number of pyridine rings is 1. The van der Waals surface area contributed by atoms with Gasteiger partial charge in [0.2, 0.25) is 5.88 Å². The minimum atomic E-state index is -0.599. The first kappa shape index (κ1) is 21.1. The number of halogens is 1. The van der Waals surface area contributed by atoms with E-state index in [2.05, 4.69) is 36.1 Å². The molecule has 0 bridgehead atoms. The van der Waals surface area contributed by atoms with Crippen LogP contribution in [0.15, 0.2) is 42.6 Å². The average Bonchev–Trinajstić information content (AvgIpc) is 2.67. The number of aliphatic hydroxyl groups is 1. The van der Waals surface area contributed by atoms with Crippen molar-refractivity contribution in [1.29, 1.82) is 0 Å². The summed E-state index contributed by atoms with van der Waals surface area (Å²) in [4.78, 5) is 6.51. The molecule has 1 aromatic carbocycles. The van der Waals surface area contributed by atoms with Crippen LogP contribution < -0.4 is 4.74 Å². The highest BCUT2D eigenvalue weighted by Gasteiger charge is 2.54. The second-order valence-electron chi connectivity index (χ2n) is 8.46. The zero-order valence-corrected chi connectivity index (χ0v) is 17.7. The fourth-order valence-electron chi connectivity index (χ4n) is 5.12. The van der Waals surface area contributed by atoms with Gasteiger partial charge in [0.25, 0.3) is 0 Å². The molecule has 2 aromatic rings. The lowest BCUT2D eigenvalue weighted by Crippen LogP contribution is -2.57. The van der Waals surface area contributed by atoms with E-state index < -0.39 is 5.60 Å². The van der Waals surface area contributed by atoms with Crippen LogP contribution in [-0.2, 0) is 11.8 Å². The fourth-order valence-corrected chi connectivity index (χ4v) is 5.12. The number of rotatable bonds is 5. The van der Waals surface area contributed by atoms with E-state index >= 15 is 0 Å². The summed E-state index contributed by atoms with van der Waals surface area (Å²) >= 11 is 0. The molecule has 1 saturated carbocycles. The quantitative estimate of drug-likeness (QED) is 0.784. The van der Waals surface area contributed by atoms with Gasteiger partial charge < -0.3 is 14.7 Å². The van der Waals surface area contributed by atoms with E-state index in [9.17, 15) is 5.11 Å². The second-order valence-corrected chi connectivity index (χ2v) is 8.46.